The minimum atomic E-state index is -1.17. The lowest BCUT2D eigenvalue weighted by atomic mass is 9.71. The molecule has 0 unspecified atom stereocenters. The van der Waals surface area contributed by atoms with E-state index in [4.69, 9.17) is 4.74 Å². The van der Waals surface area contributed by atoms with E-state index in [1.165, 1.54) is 0 Å². The predicted molar refractivity (Wildman–Crippen MR) is 148 cm³/mol. The van der Waals surface area contributed by atoms with Crippen LogP contribution in [0.1, 0.15) is 44.0 Å². The number of aliphatic hydroxyl groups excluding tert-OH is 1. The summed E-state index contributed by atoms with van der Waals surface area (Å²) in [7, 11) is 0. The van der Waals surface area contributed by atoms with E-state index in [0.29, 0.717) is 25.9 Å². The molecule has 9 heteroatoms. The monoisotopic (exact) mass is 616 g/mol. The molecule has 196 valence electrons. The summed E-state index contributed by atoms with van der Waals surface area (Å²) in [5.74, 6) is -0.613. The quantitative estimate of drug-likeness (QED) is 0.375. The highest BCUT2D eigenvalue weighted by Crippen LogP contribution is 2.57. The second-order valence-corrected chi connectivity index (χ2v) is 11.9. The number of anilines is 1. The first-order valence-corrected chi connectivity index (χ1v) is 13.8. The van der Waals surface area contributed by atoms with Crippen molar-refractivity contribution in [2.45, 2.75) is 64.0 Å². The van der Waals surface area contributed by atoms with Crippen LogP contribution in [0, 0.1) is 15.4 Å². The van der Waals surface area contributed by atoms with Gasteiger partial charge < -0.3 is 19.8 Å². The van der Waals surface area contributed by atoms with Crippen molar-refractivity contribution in [3.05, 3.63) is 75.1 Å². The number of rotatable bonds is 8. The van der Waals surface area contributed by atoms with Gasteiger partial charge in [0.1, 0.15) is 0 Å². The third-order valence-corrected chi connectivity index (χ3v) is 8.39. The molecule has 5 rings (SSSR count). The molecule has 1 amide bonds. The number of fused-ring (bicyclic) bond motifs is 2. The van der Waals surface area contributed by atoms with Gasteiger partial charge in [0.15, 0.2) is 5.60 Å². The Morgan fingerprint density at radius 3 is 2.70 bits per heavy atom. The number of amides is 1. The van der Waals surface area contributed by atoms with Crippen LogP contribution in [0.5, 0.6) is 0 Å². The Bertz CT molecular complexity index is 1290. The van der Waals surface area contributed by atoms with E-state index < -0.39 is 11.2 Å². The van der Waals surface area contributed by atoms with Crippen LogP contribution >= 0.6 is 22.6 Å². The molecule has 1 spiro atoms. The van der Waals surface area contributed by atoms with Crippen LogP contribution in [-0.2, 0) is 34.6 Å². The van der Waals surface area contributed by atoms with Crippen molar-refractivity contribution in [2.24, 2.45) is 11.8 Å². The van der Waals surface area contributed by atoms with Crippen LogP contribution in [0.25, 0.3) is 0 Å². The van der Waals surface area contributed by atoms with Gasteiger partial charge in [-0.15, -0.1) is 5.10 Å². The van der Waals surface area contributed by atoms with E-state index in [0.717, 1.165) is 26.1 Å². The topological polar surface area (TPSA) is 101 Å². The molecule has 4 atom stereocenters. The van der Waals surface area contributed by atoms with Gasteiger partial charge in [-0.1, -0.05) is 42.5 Å². The number of carbonyl (C=O) groups excluding carboxylic acids is 1. The Morgan fingerprint density at radius 1 is 1.19 bits per heavy atom. The van der Waals surface area contributed by atoms with Crippen LogP contribution in [0.4, 0.5) is 5.69 Å². The van der Waals surface area contributed by atoms with E-state index in [2.05, 4.69) is 39.0 Å². The lowest BCUT2D eigenvalue weighted by Crippen LogP contribution is -2.46. The number of ether oxygens (including phenoxy) is 1. The summed E-state index contributed by atoms with van der Waals surface area (Å²) >= 11 is 2.29. The second-order valence-electron chi connectivity index (χ2n) is 10.6. The van der Waals surface area contributed by atoms with Crippen molar-refractivity contribution in [2.75, 3.05) is 11.5 Å². The number of aliphatic hydroxyl groups is 2. The molecule has 0 aliphatic carbocycles. The third-order valence-electron chi connectivity index (χ3n) is 7.72. The molecule has 2 aromatic carbocycles. The average Bonchev–Trinajstić information content (AvgIpc) is 3.49. The van der Waals surface area contributed by atoms with Crippen molar-refractivity contribution in [1.29, 1.82) is 0 Å². The summed E-state index contributed by atoms with van der Waals surface area (Å²) in [6.07, 6.45) is 2.47. The molecule has 0 saturated carbocycles. The van der Waals surface area contributed by atoms with Crippen molar-refractivity contribution < 1.29 is 19.7 Å². The second kappa shape index (κ2) is 10.1. The molecule has 3 aromatic rings. The average molecular weight is 617 g/mol. The molecule has 2 aliphatic heterocycles. The molecular weight excluding hydrogens is 583 g/mol. The van der Waals surface area contributed by atoms with Gasteiger partial charge in [-0.2, -0.15) is 0 Å². The summed E-state index contributed by atoms with van der Waals surface area (Å²) in [4.78, 5) is 16.2. The number of hydrogen-bond acceptors (Lipinski definition) is 6. The molecule has 2 aliphatic rings. The normalized spacial score (nSPS) is 25.3. The van der Waals surface area contributed by atoms with Gasteiger partial charge in [-0.05, 0) is 66.6 Å². The molecule has 1 aromatic heterocycles. The van der Waals surface area contributed by atoms with Crippen LogP contribution in [-0.4, -0.2) is 49.4 Å². The maximum atomic E-state index is 14.3. The van der Waals surface area contributed by atoms with Crippen molar-refractivity contribution in [3.8, 4) is 0 Å². The highest BCUT2D eigenvalue weighted by Gasteiger charge is 2.65. The lowest BCUT2D eigenvalue weighted by molar-refractivity contribution is -0.146. The van der Waals surface area contributed by atoms with Gasteiger partial charge >= 0.3 is 0 Å². The zero-order valence-corrected chi connectivity index (χ0v) is 23.5. The van der Waals surface area contributed by atoms with E-state index in [9.17, 15) is 15.0 Å². The Hall–Kier alpha value is -2.34. The molecule has 1 fully saturated rings. The largest absolute Gasteiger partial charge is 0.396 e. The molecule has 0 radical (unpaired) electrons. The van der Waals surface area contributed by atoms with Gasteiger partial charge in [0.05, 0.1) is 29.6 Å². The van der Waals surface area contributed by atoms with Crippen LogP contribution in [0.3, 0.4) is 0 Å². The first-order chi connectivity index (χ1) is 17.6. The molecule has 2 N–H and O–H groups in total. The first kappa shape index (κ1) is 26.3. The first-order valence-electron chi connectivity index (χ1n) is 12.7. The highest BCUT2D eigenvalue weighted by molar-refractivity contribution is 14.1. The summed E-state index contributed by atoms with van der Waals surface area (Å²) in [6.45, 7) is 6.63. The fourth-order valence-electron chi connectivity index (χ4n) is 6.21. The van der Waals surface area contributed by atoms with Gasteiger partial charge in [0, 0.05) is 46.7 Å². The summed E-state index contributed by atoms with van der Waals surface area (Å²) in [5, 5.41) is 28.7. The number of benzene rings is 2. The Kier molecular flexibility index (Phi) is 7.16. The molecule has 8 nitrogen and oxygen atoms in total. The maximum absolute atomic E-state index is 14.3. The van der Waals surface area contributed by atoms with Gasteiger partial charge in [-0.25, -0.2) is 0 Å². The maximum Gasteiger partial charge on any atom is 0.264 e. The fourth-order valence-corrected chi connectivity index (χ4v) is 6.82. The van der Waals surface area contributed by atoms with Crippen molar-refractivity contribution in [3.63, 3.8) is 0 Å². The highest BCUT2D eigenvalue weighted by atomic mass is 127. The van der Waals surface area contributed by atoms with E-state index >= 15 is 0 Å². The SMILES string of the molecule is C[C@@H]1[C@@H](C(C)(C)O)[C@H](CCn2cc(CCO)nn2)O[C@@]12C(=O)N(Cc1cccc(I)c1)c1ccccc12. The van der Waals surface area contributed by atoms with Gasteiger partial charge in [0.25, 0.3) is 5.91 Å². The van der Waals surface area contributed by atoms with Crippen LogP contribution < -0.4 is 4.90 Å². The molecule has 37 heavy (non-hydrogen) atoms. The number of aryl methyl sites for hydroxylation is 1. The molecule has 3 heterocycles. The Labute approximate surface area is 230 Å². The summed E-state index contributed by atoms with van der Waals surface area (Å²) < 4.78 is 9.67. The molecule has 1 saturated heterocycles. The fraction of sp³-hybridized carbons (Fsp3) is 0.464. The minimum absolute atomic E-state index is 0.0192. The zero-order valence-electron chi connectivity index (χ0n) is 21.3. The molecular formula is C28H33IN4O4. The van der Waals surface area contributed by atoms with Crippen LogP contribution in [0.15, 0.2) is 54.7 Å². The van der Waals surface area contributed by atoms with Crippen molar-refractivity contribution >= 4 is 34.2 Å². The Morgan fingerprint density at radius 2 is 1.97 bits per heavy atom. The van der Waals surface area contributed by atoms with Gasteiger partial charge in [-0.3, -0.25) is 9.48 Å². The van der Waals surface area contributed by atoms with Gasteiger partial charge in [0.2, 0.25) is 0 Å². The summed E-state index contributed by atoms with van der Waals surface area (Å²) in [5.41, 5.74) is 1.27. The van der Waals surface area contributed by atoms with E-state index in [-0.39, 0.29) is 30.5 Å². The van der Waals surface area contributed by atoms with Crippen LogP contribution in [0.2, 0.25) is 0 Å². The number of nitrogens with zero attached hydrogens (tertiary/aromatic N) is 4. The van der Waals surface area contributed by atoms with Crippen molar-refractivity contribution in [1.82, 2.24) is 15.0 Å². The number of halogens is 1. The number of para-hydroxylation sites is 1. The van der Waals surface area contributed by atoms with E-state index in [1.807, 2.05) is 60.5 Å². The number of carbonyl (C=O) groups is 1. The predicted octanol–water partition coefficient (Wildman–Crippen LogP) is 3.67. The molecule has 0 bridgehead atoms. The van der Waals surface area contributed by atoms with E-state index in [1.54, 1.807) is 18.5 Å². The zero-order chi connectivity index (χ0) is 26.4. The Balaban J connectivity index is 1.48. The summed E-state index contributed by atoms with van der Waals surface area (Å²) in [6, 6.07) is 16.0. The minimum Gasteiger partial charge on any atom is -0.396 e. The number of aromatic nitrogens is 3. The third kappa shape index (κ3) is 4.71. The number of hydrogen-bond donors (Lipinski definition) is 2. The standard InChI is InChI=1S/C28H33IN4O4/c1-18-25(27(2,3)36)24(11-13-32-17-21(12-14-34)30-31-32)37-28(18)22-9-4-5-10-23(22)33(26(28)35)16-19-7-6-8-20(29)15-19/h4-10,15,17-18,24-25,34,36H,11-14,16H2,1-3H3/t18-,24+,25-,28+/m1/s1. The lowest BCUT2D eigenvalue weighted by Gasteiger charge is -2.34. The smallest absolute Gasteiger partial charge is 0.264 e.